The van der Waals surface area contributed by atoms with E-state index in [1.807, 2.05) is 6.92 Å². The maximum Gasteiger partial charge on any atom is 0.222 e. The SMILES string of the molecule is CNC(CC(=O)NCCC(=O)NC(CCCN=C(N)N)CC(=O)NC(CCCCN)CC(=O)NC(CCCCN)CC(=O)NC(CCCN=C(N)N)CC(=O)NC(CCCN=C(N)N)CC(=O)NC(C)CCCCN)Cc1ccc(O)cc1. The summed E-state index contributed by atoms with van der Waals surface area (Å²) in [5.41, 5.74) is 51.4. The Morgan fingerprint density at radius 3 is 1.11 bits per heavy atom. The van der Waals surface area contributed by atoms with Crippen molar-refractivity contribution in [1.82, 2.24) is 42.5 Å². The molecule has 1 aromatic rings. The van der Waals surface area contributed by atoms with Crippen LogP contribution in [0.25, 0.3) is 0 Å². The first-order valence-electron chi connectivity index (χ1n) is 29.4. The van der Waals surface area contributed by atoms with Crippen molar-refractivity contribution in [3.05, 3.63) is 29.8 Å². The number of hydrogen-bond donors (Lipinski definition) is 18. The van der Waals surface area contributed by atoms with E-state index in [4.69, 9.17) is 51.6 Å². The van der Waals surface area contributed by atoms with Gasteiger partial charge in [0, 0.05) is 113 Å². The molecule has 83 heavy (non-hydrogen) atoms. The number of aliphatic imine (C=N–C) groups is 3. The van der Waals surface area contributed by atoms with Gasteiger partial charge >= 0.3 is 0 Å². The van der Waals surface area contributed by atoms with E-state index >= 15 is 0 Å². The molecular formula is C55H104N20O8. The fourth-order valence-electron chi connectivity index (χ4n) is 9.20. The number of nitrogens with one attached hydrogen (secondary N) is 8. The van der Waals surface area contributed by atoms with Gasteiger partial charge in [-0.25, -0.2) is 0 Å². The van der Waals surface area contributed by atoms with Gasteiger partial charge in [-0.2, -0.15) is 0 Å². The summed E-state index contributed by atoms with van der Waals surface area (Å²) in [4.78, 5) is 107. The second-order valence-electron chi connectivity index (χ2n) is 21.2. The van der Waals surface area contributed by atoms with E-state index < -0.39 is 53.8 Å². The Hall–Kier alpha value is -7.04. The summed E-state index contributed by atoms with van der Waals surface area (Å²) in [6.07, 6.45) is 8.29. The number of aromatic hydroxyl groups is 1. The number of nitrogens with zero attached hydrogens (tertiary/aromatic N) is 3. The van der Waals surface area contributed by atoms with Gasteiger partial charge in [0.15, 0.2) is 17.9 Å². The lowest BCUT2D eigenvalue weighted by Gasteiger charge is -2.25. The Morgan fingerprint density at radius 1 is 0.434 bits per heavy atom. The van der Waals surface area contributed by atoms with Gasteiger partial charge in [0.1, 0.15) is 5.75 Å². The first-order valence-corrected chi connectivity index (χ1v) is 29.4. The number of phenols is 1. The topological polar surface area (TPSA) is 507 Å². The molecule has 7 atom stereocenters. The van der Waals surface area contributed by atoms with Crippen molar-refractivity contribution < 1.29 is 38.7 Å². The van der Waals surface area contributed by atoms with E-state index in [0.29, 0.717) is 110 Å². The maximum absolute atomic E-state index is 13.9. The number of unbranched alkanes of at least 4 members (excludes halogenated alkanes) is 3. The first kappa shape index (κ1) is 74.0. The standard InChI is InChI=1S/C55H104N20O8/c1-37(12-3-6-23-56)70-48(79)31-42(16-10-27-68-54(61)62)74-52(83)35-43(17-11-28-69-55(63)64)75-50(81)33-40(14-5-8-25-58)72-49(80)32-39(13-4-7-24-57)73-51(82)34-41(15-9-26-67-53(59)60)71-46(77)22-29-66-47(78)36-44(65-2)30-38-18-20-45(76)21-19-38/h18-21,37,39-44,65,76H,3-17,22-36,56-58H2,1-2H3,(H,66,78)(H,70,79)(H,71,77)(H,72,80)(H,73,82)(H,74,83)(H,75,81)(H4,59,60,67)(H4,61,62,68)(H4,63,64,69). The average Bonchev–Trinajstić information content (AvgIpc) is 3.42. The quantitative estimate of drug-likeness (QED) is 0.0188. The summed E-state index contributed by atoms with van der Waals surface area (Å²) in [7, 11) is 1.75. The third-order valence-electron chi connectivity index (χ3n) is 13.4. The fourth-order valence-corrected chi connectivity index (χ4v) is 9.20. The third-order valence-corrected chi connectivity index (χ3v) is 13.4. The van der Waals surface area contributed by atoms with Gasteiger partial charge in [0.25, 0.3) is 0 Å². The molecule has 0 aliphatic carbocycles. The molecule has 1 rings (SSSR count). The summed E-state index contributed by atoms with van der Waals surface area (Å²) < 4.78 is 0. The van der Waals surface area contributed by atoms with Crippen molar-refractivity contribution in [2.45, 2.75) is 197 Å². The number of phenolic OH excluding ortho intramolecular Hbond substituents is 1. The summed E-state index contributed by atoms with van der Waals surface area (Å²) >= 11 is 0. The number of carbonyl (C=O) groups excluding carboxylic acids is 7. The number of nitrogens with two attached hydrogens (primary N) is 9. The second-order valence-corrected chi connectivity index (χ2v) is 21.2. The van der Waals surface area contributed by atoms with Gasteiger partial charge in [-0.15, -0.1) is 0 Å². The van der Waals surface area contributed by atoms with Crippen LogP contribution in [-0.2, 0) is 40.0 Å². The van der Waals surface area contributed by atoms with Crippen molar-refractivity contribution >= 4 is 59.2 Å². The van der Waals surface area contributed by atoms with Crippen LogP contribution in [0.2, 0.25) is 0 Å². The van der Waals surface area contributed by atoms with Crippen molar-refractivity contribution in [3.63, 3.8) is 0 Å². The van der Waals surface area contributed by atoms with Gasteiger partial charge in [0.05, 0.1) is 0 Å². The van der Waals surface area contributed by atoms with E-state index in [2.05, 4.69) is 57.5 Å². The molecule has 0 aliphatic rings. The molecule has 0 aromatic heterocycles. The molecular weight excluding hydrogens is 1070 g/mol. The molecule has 0 bridgehead atoms. The Morgan fingerprint density at radius 2 is 0.759 bits per heavy atom. The minimum absolute atomic E-state index is 0.00655. The lowest BCUT2D eigenvalue weighted by Crippen LogP contribution is -2.47. The molecule has 0 aliphatic heterocycles. The summed E-state index contributed by atoms with van der Waals surface area (Å²) in [5.74, 6) is -2.64. The molecule has 0 spiro atoms. The number of hydrogen-bond acceptors (Lipinski definition) is 15. The fraction of sp³-hybridized carbons (Fsp3) is 0.709. The molecule has 0 fully saturated rings. The van der Waals surface area contributed by atoms with Crippen LogP contribution in [0.4, 0.5) is 0 Å². The number of benzene rings is 1. The molecule has 472 valence electrons. The molecule has 7 amide bonds. The second kappa shape index (κ2) is 45.5. The van der Waals surface area contributed by atoms with Crippen LogP contribution in [0.1, 0.15) is 154 Å². The highest BCUT2D eigenvalue weighted by Gasteiger charge is 2.26. The summed E-state index contributed by atoms with van der Waals surface area (Å²) in [6.45, 7) is 4.12. The minimum atomic E-state index is -0.677. The smallest absolute Gasteiger partial charge is 0.222 e. The van der Waals surface area contributed by atoms with Crippen molar-refractivity contribution in [3.8, 4) is 5.75 Å². The van der Waals surface area contributed by atoms with Crippen LogP contribution >= 0.6 is 0 Å². The van der Waals surface area contributed by atoms with Crippen LogP contribution < -0.4 is 94.1 Å². The monoisotopic (exact) mass is 1170 g/mol. The predicted molar refractivity (Wildman–Crippen MR) is 326 cm³/mol. The molecule has 28 heteroatoms. The number of guanidine groups is 3. The number of rotatable bonds is 48. The van der Waals surface area contributed by atoms with E-state index in [0.717, 1.165) is 24.8 Å². The van der Waals surface area contributed by atoms with Crippen LogP contribution in [-0.4, -0.2) is 159 Å². The highest BCUT2D eigenvalue weighted by molar-refractivity contribution is 5.84. The van der Waals surface area contributed by atoms with E-state index in [-0.39, 0.29) is 118 Å². The Kier molecular flexibility index (Phi) is 40.5. The molecule has 27 N–H and O–H groups in total. The van der Waals surface area contributed by atoms with Crippen LogP contribution in [0, 0.1) is 0 Å². The Balaban J connectivity index is 3.16. The van der Waals surface area contributed by atoms with Crippen molar-refractivity contribution in [1.29, 1.82) is 0 Å². The van der Waals surface area contributed by atoms with Crippen molar-refractivity contribution in [2.24, 2.45) is 66.6 Å². The average molecular weight is 1170 g/mol. The zero-order valence-corrected chi connectivity index (χ0v) is 49.4. The molecule has 1 aromatic carbocycles. The molecule has 0 heterocycles. The molecule has 7 unspecified atom stereocenters. The molecule has 0 saturated carbocycles. The Bertz CT molecular complexity index is 2120. The predicted octanol–water partition coefficient (Wildman–Crippen LogP) is -2.15. The van der Waals surface area contributed by atoms with Gasteiger partial charge < -0.3 is 99.2 Å². The largest absolute Gasteiger partial charge is 0.508 e. The van der Waals surface area contributed by atoms with Crippen LogP contribution in [0.5, 0.6) is 5.75 Å². The zero-order chi connectivity index (χ0) is 61.8. The number of amides is 7. The highest BCUT2D eigenvalue weighted by atomic mass is 16.3. The van der Waals surface area contributed by atoms with Gasteiger partial charge in [-0.3, -0.25) is 48.5 Å². The van der Waals surface area contributed by atoms with Gasteiger partial charge in [0.2, 0.25) is 41.4 Å². The molecule has 0 radical (unpaired) electrons. The van der Waals surface area contributed by atoms with E-state index in [9.17, 15) is 38.7 Å². The Labute approximate surface area is 490 Å². The highest BCUT2D eigenvalue weighted by Crippen LogP contribution is 2.15. The summed E-state index contributed by atoms with van der Waals surface area (Å²) in [5, 5.41) is 33.4. The minimum Gasteiger partial charge on any atom is -0.508 e. The third kappa shape index (κ3) is 40.7. The first-order chi connectivity index (χ1) is 39.6. The maximum atomic E-state index is 13.9. The number of carbonyl (C=O) groups is 7. The number of likely N-dealkylation sites (N-methyl/N-ethyl adjacent to an activating group) is 1. The lowest BCUT2D eigenvalue weighted by atomic mass is 10.0. The summed E-state index contributed by atoms with van der Waals surface area (Å²) in [6, 6.07) is 3.31. The van der Waals surface area contributed by atoms with Crippen LogP contribution in [0.15, 0.2) is 39.2 Å². The van der Waals surface area contributed by atoms with E-state index in [1.165, 1.54) is 0 Å². The van der Waals surface area contributed by atoms with Crippen molar-refractivity contribution in [2.75, 3.05) is 52.9 Å². The molecule has 28 nitrogen and oxygen atoms in total. The lowest BCUT2D eigenvalue weighted by molar-refractivity contribution is -0.126. The van der Waals surface area contributed by atoms with Crippen LogP contribution in [0.3, 0.4) is 0 Å². The van der Waals surface area contributed by atoms with Gasteiger partial charge in [-0.05, 0) is 135 Å². The zero-order valence-electron chi connectivity index (χ0n) is 49.4. The normalized spacial score (nSPS) is 13.5. The molecule has 0 saturated heterocycles. The van der Waals surface area contributed by atoms with Gasteiger partial charge in [-0.1, -0.05) is 31.4 Å². The van der Waals surface area contributed by atoms with E-state index in [1.54, 1.807) is 31.3 Å².